The second-order valence-corrected chi connectivity index (χ2v) is 10.6. The van der Waals surface area contributed by atoms with Crippen LogP contribution in [0.15, 0.2) is 54.6 Å². The number of hydrogen-bond donors (Lipinski definition) is 1. The van der Waals surface area contributed by atoms with Crippen molar-refractivity contribution in [2.24, 2.45) is 0 Å². The number of para-hydroxylation sites is 2. The molecule has 0 aliphatic carbocycles. The number of aromatic nitrogens is 2. The maximum absolute atomic E-state index is 3.71. The molecule has 0 fully saturated rings. The molecule has 4 aromatic rings. The molecule has 0 unspecified atom stereocenters. The van der Waals surface area contributed by atoms with Crippen LogP contribution in [0.2, 0.25) is 0 Å². The Bertz CT molecular complexity index is 1340. The minimum absolute atomic E-state index is 0.0264. The van der Waals surface area contributed by atoms with Gasteiger partial charge in [0.2, 0.25) is 0 Å². The summed E-state index contributed by atoms with van der Waals surface area (Å²) in [6.07, 6.45) is 9.24. The maximum atomic E-state index is 3.71. The van der Waals surface area contributed by atoms with Crippen LogP contribution in [0.3, 0.4) is 0 Å². The van der Waals surface area contributed by atoms with Crippen LogP contribution in [0.4, 0.5) is 0 Å². The van der Waals surface area contributed by atoms with Gasteiger partial charge in [0.15, 0.2) is 0 Å². The van der Waals surface area contributed by atoms with Crippen molar-refractivity contribution in [2.45, 2.75) is 38.1 Å². The van der Waals surface area contributed by atoms with Crippen LogP contribution in [-0.4, -0.2) is 60.6 Å². The molecule has 5 rings (SSSR count). The fraction of sp³-hybridized carbons (Fsp3) is 0.400. The zero-order chi connectivity index (χ0) is 23.9. The third kappa shape index (κ3) is 4.10. The van der Waals surface area contributed by atoms with E-state index in [0.717, 1.165) is 38.8 Å². The number of nitrogens with one attached hydrogen (secondary N) is 1. The molecule has 0 saturated carbocycles. The van der Waals surface area contributed by atoms with E-state index in [-0.39, 0.29) is 5.54 Å². The van der Waals surface area contributed by atoms with E-state index in [1.807, 2.05) is 0 Å². The first kappa shape index (κ1) is 22.9. The van der Waals surface area contributed by atoms with Gasteiger partial charge in [-0.1, -0.05) is 42.5 Å². The number of nitrogens with zero attached hydrogens (tertiary/aromatic N) is 3. The van der Waals surface area contributed by atoms with Gasteiger partial charge in [-0.25, -0.2) is 0 Å². The van der Waals surface area contributed by atoms with Crippen LogP contribution in [0, 0.1) is 0 Å². The predicted octanol–water partition coefficient (Wildman–Crippen LogP) is 5.71. The lowest BCUT2D eigenvalue weighted by molar-refractivity contribution is 0.413. The van der Waals surface area contributed by atoms with Gasteiger partial charge in [-0.05, 0) is 90.1 Å². The molecule has 1 N–H and O–H groups in total. The van der Waals surface area contributed by atoms with Crippen LogP contribution in [0.25, 0.3) is 27.9 Å². The number of allylic oxidation sites excluding steroid dienone is 1. The highest BCUT2D eigenvalue weighted by Crippen LogP contribution is 2.42. The summed E-state index contributed by atoms with van der Waals surface area (Å²) in [6, 6.07) is 17.7. The Kier molecular flexibility index (Phi) is 6.13. The first-order valence-electron chi connectivity index (χ1n) is 12.6. The van der Waals surface area contributed by atoms with E-state index < -0.39 is 0 Å². The Labute approximate surface area is 203 Å². The molecule has 0 amide bonds. The predicted molar refractivity (Wildman–Crippen MR) is 146 cm³/mol. The fourth-order valence-electron chi connectivity index (χ4n) is 5.69. The molecule has 1 atom stereocenters. The van der Waals surface area contributed by atoms with Gasteiger partial charge in [0.1, 0.15) is 0 Å². The molecule has 0 spiro atoms. The van der Waals surface area contributed by atoms with Crippen molar-refractivity contribution in [3.05, 3.63) is 77.1 Å². The molecule has 4 heteroatoms. The van der Waals surface area contributed by atoms with Gasteiger partial charge in [0, 0.05) is 46.3 Å². The third-order valence-electron chi connectivity index (χ3n) is 7.54. The van der Waals surface area contributed by atoms with Gasteiger partial charge >= 0.3 is 0 Å². The molecular formula is C30H38N4. The zero-order valence-corrected chi connectivity index (χ0v) is 21.4. The van der Waals surface area contributed by atoms with Crippen molar-refractivity contribution in [3.8, 4) is 0 Å². The van der Waals surface area contributed by atoms with Gasteiger partial charge in [0.25, 0.3) is 0 Å². The lowest BCUT2D eigenvalue weighted by atomic mass is 9.95. The van der Waals surface area contributed by atoms with Crippen molar-refractivity contribution in [2.75, 3.05) is 41.3 Å². The van der Waals surface area contributed by atoms with Crippen molar-refractivity contribution in [1.82, 2.24) is 19.4 Å². The first-order valence-corrected chi connectivity index (χ1v) is 12.6. The normalized spacial score (nSPS) is 18.3. The Morgan fingerprint density at radius 1 is 0.882 bits per heavy atom. The number of rotatable bonds is 8. The molecule has 178 valence electrons. The van der Waals surface area contributed by atoms with Gasteiger partial charge in [-0.3, -0.25) is 0 Å². The molecule has 0 saturated heterocycles. The molecule has 2 aromatic heterocycles. The highest BCUT2D eigenvalue weighted by molar-refractivity contribution is 5.88. The molecule has 0 bridgehead atoms. The van der Waals surface area contributed by atoms with Gasteiger partial charge in [-0.2, -0.15) is 0 Å². The minimum atomic E-state index is -0.0264. The minimum Gasteiger partial charge on any atom is -0.355 e. The van der Waals surface area contributed by atoms with E-state index in [4.69, 9.17) is 0 Å². The standard InChI is InChI=1S/C30H38N4/c1-30(18-14-27-23(16-20-32(2)3)22-10-6-8-12-26(22)31-27)19-15-29-25(17-21-33(4)5)24-11-7-9-13-28(24)34(29)30/h6-14,18,31H,15-17,19-21H2,1-5H3/b18-14+/t30-/m0/s1. The second-order valence-electron chi connectivity index (χ2n) is 10.6. The average molecular weight is 455 g/mol. The Hall–Kier alpha value is -2.82. The summed E-state index contributed by atoms with van der Waals surface area (Å²) in [4.78, 5) is 8.26. The van der Waals surface area contributed by atoms with Crippen molar-refractivity contribution in [1.29, 1.82) is 0 Å². The Morgan fingerprint density at radius 2 is 1.53 bits per heavy atom. The fourth-order valence-corrected chi connectivity index (χ4v) is 5.69. The number of aromatic amines is 1. The second kappa shape index (κ2) is 9.09. The number of fused-ring (bicyclic) bond motifs is 4. The number of likely N-dealkylation sites (N-methyl/N-ethyl adjacent to an activating group) is 2. The highest BCUT2D eigenvalue weighted by Gasteiger charge is 2.35. The topological polar surface area (TPSA) is 27.2 Å². The molecule has 4 nitrogen and oxygen atoms in total. The number of benzene rings is 2. The largest absolute Gasteiger partial charge is 0.355 e. The quantitative estimate of drug-likeness (QED) is 0.369. The van der Waals surface area contributed by atoms with Gasteiger partial charge in [0.05, 0.1) is 5.54 Å². The van der Waals surface area contributed by atoms with Crippen molar-refractivity contribution < 1.29 is 0 Å². The molecule has 1 aliphatic rings. The van der Waals surface area contributed by atoms with E-state index >= 15 is 0 Å². The first-order chi connectivity index (χ1) is 16.4. The highest BCUT2D eigenvalue weighted by atomic mass is 15.1. The van der Waals surface area contributed by atoms with Crippen LogP contribution in [-0.2, 0) is 24.8 Å². The summed E-state index contributed by atoms with van der Waals surface area (Å²) < 4.78 is 2.63. The summed E-state index contributed by atoms with van der Waals surface area (Å²) in [5, 5.41) is 2.77. The molecule has 3 heterocycles. The molecule has 1 aliphatic heterocycles. The van der Waals surface area contributed by atoms with Crippen LogP contribution >= 0.6 is 0 Å². The van der Waals surface area contributed by atoms with Gasteiger partial charge < -0.3 is 19.4 Å². The molecule has 0 radical (unpaired) electrons. The van der Waals surface area contributed by atoms with E-state index in [9.17, 15) is 0 Å². The summed E-state index contributed by atoms with van der Waals surface area (Å²) in [7, 11) is 8.63. The van der Waals surface area contributed by atoms with E-state index in [0.29, 0.717) is 0 Å². The smallest absolute Gasteiger partial charge is 0.0610 e. The summed E-state index contributed by atoms with van der Waals surface area (Å²) in [5.74, 6) is 0. The summed E-state index contributed by atoms with van der Waals surface area (Å²) in [6.45, 7) is 4.53. The lowest BCUT2D eigenvalue weighted by Crippen LogP contribution is -2.23. The molecule has 2 aromatic carbocycles. The zero-order valence-electron chi connectivity index (χ0n) is 21.4. The Morgan fingerprint density at radius 3 is 2.26 bits per heavy atom. The van der Waals surface area contributed by atoms with E-state index in [2.05, 4.69) is 115 Å². The molecule has 34 heavy (non-hydrogen) atoms. The number of H-pyrrole nitrogens is 1. The summed E-state index contributed by atoms with van der Waals surface area (Å²) >= 11 is 0. The van der Waals surface area contributed by atoms with E-state index in [1.165, 1.54) is 38.8 Å². The third-order valence-corrected chi connectivity index (χ3v) is 7.54. The van der Waals surface area contributed by atoms with E-state index in [1.54, 1.807) is 5.56 Å². The lowest BCUT2D eigenvalue weighted by Gasteiger charge is -2.24. The SMILES string of the molecule is CN(C)CCc1c(/C=C/[C@@]2(C)CCc3c(CCN(C)C)c4ccccc4n32)[nH]c2ccccc12. The van der Waals surface area contributed by atoms with Crippen LogP contribution in [0.5, 0.6) is 0 Å². The Balaban J connectivity index is 1.55. The van der Waals surface area contributed by atoms with Crippen LogP contribution < -0.4 is 0 Å². The van der Waals surface area contributed by atoms with Crippen molar-refractivity contribution in [3.63, 3.8) is 0 Å². The van der Waals surface area contributed by atoms with Crippen LogP contribution in [0.1, 0.15) is 35.9 Å². The average Bonchev–Trinajstić information content (AvgIpc) is 3.45. The van der Waals surface area contributed by atoms with Gasteiger partial charge in [-0.15, -0.1) is 0 Å². The maximum Gasteiger partial charge on any atom is 0.0610 e. The summed E-state index contributed by atoms with van der Waals surface area (Å²) in [5.41, 5.74) is 8.32. The van der Waals surface area contributed by atoms with Crippen molar-refractivity contribution >= 4 is 27.9 Å². The monoisotopic (exact) mass is 454 g/mol. The number of hydrogen-bond acceptors (Lipinski definition) is 2. The molecular weight excluding hydrogens is 416 g/mol.